The number of phenolic OH excluding ortho intramolecular Hbond substituents is 1. The molecule has 0 spiro atoms. The molecule has 0 atom stereocenters. The highest BCUT2D eigenvalue weighted by Gasteiger charge is 2.14. The zero-order chi connectivity index (χ0) is 23.2. The second-order valence-corrected chi connectivity index (χ2v) is 7.28. The van der Waals surface area contributed by atoms with Gasteiger partial charge in [-0.25, -0.2) is 4.39 Å². The van der Waals surface area contributed by atoms with Crippen molar-refractivity contribution < 1.29 is 19.0 Å². The fourth-order valence-electron chi connectivity index (χ4n) is 3.33. The van der Waals surface area contributed by atoms with Crippen LogP contribution in [0.5, 0.6) is 11.5 Å². The van der Waals surface area contributed by atoms with Crippen molar-refractivity contribution in [3.8, 4) is 17.6 Å². The number of hydrogen-bond acceptors (Lipinski definition) is 4. The fraction of sp³-hybridized carbons (Fsp3) is 0.0370. The number of ether oxygens (including phenoxy) is 1. The minimum absolute atomic E-state index is 0.0720. The lowest BCUT2D eigenvalue weighted by atomic mass is 10.0. The van der Waals surface area contributed by atoms with Crippen LogP contribution in [0.15, 0.2) is 90.5 Å². The van der Waals surface area contributed by atoms with Gasteiger partial charge in [0.25, 0.3) is 5.91 Å². The molecule has 0 saturated carbocycles. The number of aromatic hydroxyl groups is 1. The number of carbonyl (C=O) groups excluding carboxylic acids is 1. The summed E-state index contributed by atoms with van der Waals surface area (Å²) in [6.07, 6.45) is 1.50. The predicted molar refractivity (Wildman–Crippen MR) is 125 cm³/mol. The normalized spacial score (nSPS) is 11.1. The average molecular weight is 438 g/mol. The Balaban J connectivity index is 1.68. The van der Waals surface area contributed by atoms with Gasteiger partial charge in [0.05, 0.1) is 0 Å². The summed E-state index contributed by atoms with van der Waals surface area (Å²) in [4.78, 5) is 12.8. The van der Waals surface area contributed by atoms with Gasteiger partial charge in [-0.05, 0) is 64.9 Å². The quantitative estimate of drug-likeness (QED) is 0.226. The summed E-state index contributed by atoms with van der Waals surface area (Å²) in [5.74, 6) is -0.349. The molecule has 0 aliphatic carbocycles. The van der Waals surface area contributed by atoms with E-state index in [1.54, 1.807) is 18.2 Å². The van der Waals surface area contributed by atoms with Crippen molar-refractivity contribution >= 4 is 28.4 Å². The Kier molecular flexibility index (Phi) is 6.33. The van der Waals surface area contributed by atoms with E-state index in [4.69, 9.17) is 4.74 Å². The van der Waals surface area contributed by atoms with Gasteiger partial charge in [0.1, 0.15) is 35.6 Å². The number of benzene rings is 4. The third-order valence-corrected chi connectivity index (χ3v) is 5.02. The minimum atomic E-state index is -0.583. The number of nitrogens with zero attached hydrogens (tertiary/aromatic N) is 1. The molecule has 0 radical (unpaired) electrons. The predicted octanol–water partition coefficient (Wildman–Crippen LogP) is 5.81. The zero-order valence-electron chi connectivity index (χ0n) is 17.5. The number of carbonyl (C=O) groups is 1. The molecule has 2 N–H and O–H groups in total. The lowest BCUT2D eigenvalue weighted by Gasteiger charge is -2.13. The van der Waals surface area contributed by atoms with E-state index < -0.39 is 5.91 Å². The van der Waals surface area contributed by atoms with Crippen LogP contribution in [0.3, 0.4) is 0 Å². The van der Waals surface area contributed by atoms with E-state index in [-0.39, 0.29) is 23.7 Å². The Morgan fingerprint density at radius 3 is 2.45 bits per heavy atom. The highest BCUT2D eigenvalue weighted by Crippen LogP contribution is 2.31. The number of anilines is 1. The number of phenols is 1. The van der Waals surface area contributed by atoms with Gasteiger partial charge < -0.3 is 15.2 Å². The molecule has 4 aromatic carbocycles. The van der Waals surface area contributed by atoms with Gasteiger partial charge in [-0.1, -0.05) is 42.5 Å². The topological polar surface area (TPSA) is 82.3 Å². The van der Waals surface area contributed by atoms with E-state index in [1.807, 2.05) is 36.4 Å². The summed E-state index contributed by atoms with van der Waals surface area (Å²) in [6, 6.07) is 25.2. The molecule has 0 fully saturated rings. The van der Waals surface area contributed by atoms with Crippen molar-refractivity contribution in [1.82, 2.24) is 0 Å². The van der Waals surface area contributed by atoms with E-state index in [0.717, 1.165) is 16.3 Å². The van der Waals surface area contributed by atoms with Crippen molar-refractivity contribution in [3.05, 3.63) is 107 Å². The summed E-state index contributed by atoms with van der Waals surface area (Å²) in [5, 5.41) is 23.5. The maximum absolute atomic E-state index is 13.2. The Morgan fingerprint density at radius 1 is 1.00 bits per heavy atom. The second kappa shape index (κ2) is 9.67. The first-order chi connectivity index (χ1) is 16.0. The lowest BCUT2D eigenvalue weighted by Crippen LogP contribution is -2.13. The molecule has 5 nitrogen and oxygen atoms in total. The summed E-state index contributed by atoms with van der Waals surface area (Å²) in [7, 11) is 0. The summed E-state index contributed by atoms with van der Waals surface area (Å²) >= 11 is 0. The Morgan fingerprint density at radius 2 is 1.73 bits per heavy atom. The largest absolute Gasteiger partial charge is 0.508 e. The van der Waals surface area contributed by atoms with Crippen LogP contribution in [0.4, 0.5) is 10.1 Å². The van der Waals surface area contributed by atoms with Crippen molar-refractivity contribution in [2.24, 2.45) is 0 Å². The molecule has 0 aliphatic heterocycles. The number of amides is 1. The summed E-state index contributed by atoms with van der Waals surface area (Å²) in [6.45, 7) is 0.195. The monoisotopic (exact) mass is 438 g/mol. The van der Waals surface area contributed by atoms with Crippen LogP contribution in [-0.4, -0.2) is 11.0 Å². The Hall–Kier alpha value is -4.63. The van der Waals surface area contributed by atoms with Gasteiger partial charge >= 0.3 is 0 Å². The highest BCUT2D eigenvalue weighted by atomic mass is 19.1. The minimum Gasteiger partial charge on any atom is -0.508 e. The number of halogens is 1. The molecule has 4 aromatic rings. The number of hydrogen-bond donors (Lipinski definition) is 2. The van der Waals surface area contributed by atoms with Gasteiger partial charge in [-0.3, -0.25) is 4.79 Å². The molecule has 0 unspecified atom stereocenters. The molecule has 0 bridgehead atoms. The Bertz CT molecular complexity index is 1370. The van der Waals surface area contributed by atoms with Crippen molar-refractivity contribution in [2.45, 2.75) is 6.61 Å². The van der Waals surface area contributed by atoms with Crippen LogP contribution in [0.2, 0.25) is 0 Å². The average Bonchev–Trinajstić information content (AvgIpc) is 2.84. The fourth-order valence-corrected chi connectivity index (χ4v) is 3.33. The molecule has 1 amide bonds. The number of nitrogens with one attached hydrogen (secondary N) is 1. The van der Waals surface area contributed by atoms with Gasteiger partial charge in [0.2, 0.25) is 0 Å². The molecular formula is C27H19FN2O3. The van der Waals surface area contributed by atoms with Crippen LogP contribution >= 0.6 is 0 Å². The number of rotatable bonds is 6. The molecule has 0 aromatic heterocycles. The van der Waals surface area contributed by atoms with Crippen LogP contribution in [-0.2, 0) is 11.4 Å². The van der Waals surface area contributed by atoms with Gasteiger partial charge in [0, 0.05) is 11.3 Å². The molecular weight excluding hydrogens is 419 g/mol. The molecule has 6 heteroatoms. The molecule has 4 rings (SSSR count). The van der Waals surface area contributed by atoms with Crippen molar-refractivity contribution in [2.75, 3.05) is 5.32 Å². The van der Waals surface area contributed by atoms with E-state index in [0.29, 0.717) is 17.0 Å². The Labute approximate surface area is 190 Å². The second-order valence-electron chi connectivity index (χ2n) is 7.28. The first kappa shape index (κ1) is 21.6. The maximum Gasteiger partial charge on any atom is 0.266 e. The molecule has 0 saturated heterocycles. The number of nitriles is 1. The van der Waals surface area contributed by atoms with E-state index >= 15 is 0 Å². The van der Waals surface area contributed by atoms with Crippen LogP contribution in [0.1, 0.15) is 11.1 Å². The summed E-state index contributed by atoms with van der Waals surface area (Å²) in [5.41, 5.74) is 1.72. The van der Waals surface area contributed by atoms with Crippen molar-refractivity contribution in [1.29, 1.82) is 5.26 Å². The highest BCUT2D eigenvalue weighted by molar-refractivity contribution is 6.11. The summed E-state index contributed by atoms with van der Waals surface area (Å²) < 4.78 is 19.2. The van der Waals surface area contributed by atoms with Crippen LogP contribution < -0.4 is 10.1 Å². The molecule has 0 aliphatic rings. The SMILES string of the molecule is N#C/C(=C\c1c(OCc2ccc(F)cc2)ccc2ccccc12)C(=O)Nc1ccc(O)cc1. The van der Waals surface area contributed by atoms with Gasteiger partial charge in [0.15, 0.2) is 0 Å². The molecule has 162 valence electrons. The van der Waals surface area contributed by atoms with Gasteiger partial charge in [-0.2, -0.15) is 5.26 Å². The number of fused-ring (bicyclic) bond motifs is 1. The maximum atomic E-state index is 13.2. The smallest absolute Gasteiger partial charge is 0.266 e. The molecule has 33 heavy (non-hydrogen) atoms. The first-order valence-electron chi connectivity index (χ1n) is 10.1. The van der Waals surface area contributed by atoms with Crippen molar-refractivity contribution in [3.63, 3.8) is 0 Å². The van der Waals surface area contributed by atoms with Gasteiger partial charge in [-0.15, -0.1) is 0 Å². The zero-order valence-corrected chi connectivity index (χ0v) is 17.5. The lowest BCUT2D eigenvalue weighted by molar-refractivity contribution is -0.112. The van der Waals surface area contributed by atoms with E-state index in [2.05, 4.69) is 5.32 Å². The third-order valence-electron chi connectivity index (χ3n) is 5.02. The molecule has 0 heterocycles. The van der Waals surface area contributed by atoms with E-state index in [9.17, 15) is 19.6 Å². The van der Waals surface area contributed by atoms with E-state index in [1.165, 1.54) is 42.5 Å². The van der Waals surface area contributed by atoms with Crippen LogP contribution in [0.25, 0.3) is 16.8 Å². The first-order valence-corrected chi connectivity index (χ1v) is 10.1. The van der Waals surface area contributed by atoms with Crippen LogP contribution in [0, 0.1) is 17.1 Å². The standard InChI is InChI=1S/C27H19FN2O3/c28-21-8-5-18(6-9-21)17-33-26-14-7-19-3-1-2-4-24(19)25(26)15-20(16-29)27(32)30-22-10-12-23(31)13-11-22/h1-15,31H,17H2,(H,30,32)/b20-15+. The third kappa shape index (κ3) is 5.17.